The smallest absolute Gasteiger partial charge is 0.305 e. The molecule has 0 saturated heterocycles. The zero-order valence-electron chi connectivity index (χ0n) is 14.6. The summed E-state index contributed by atoms with van der Waals surface area (Å²) in [5.74, 6) is -0.970. The molecule has 0 saturated carbocycles. The lowest BCUT2D eigenvalue weighted by atomic mass is 10.1. The second-order valence-electron chi connectivity index (χ2n) is 5.86. The van der Waals surface area contributed by atoms with Crippen LogP contribution >= 0.6 is 0 Å². The van der Waals surface area contributed by atoms with Crippen molar-refractivity contribution >= 4 is 23.5 Å². The first-order valence-corrected chi connectivity index (χ1v) is 8.20. The molecule has 29 heavy (non-hydrogen) atoms. The topological polar surface area (TPSA) is 101 Å². The molecular weight excluding hydrogens is 389 g/mol. The summed E-state index contributed by atoms with van der Waals surface area (Å²) in [6.45, 7) is 0. The predicted octanol–water partition coefficient (Wildman–Crippen LogP) is 4.66. The number of halogens is 3. The van der Waals surface area contributed by atoms with Crippen LogP contribution in [0.15, 0.2) is 60.7 Å². The summed E-state index contributed by atoms with van der Waals surface area (Å²) in [5.41, 5.74) is -0.695. The first-order chi connectivity index (χ1) is 13.8. The number of aromatic nitrogens is 2. The Balaban J connectivity index is 1.83. The Morgan fingerprint density at radius 3 is 2.34 bits per heavy atom. The summed E-state index contributed by atoms with van der Waals surface area (Å²) in [7, 11) is 0. The van der Waals surface area contributed by atoms with E-state index in [1.165, 1.54) is 42.5 Å². The van der Waals surface area contributed by atoms with Gasteiger partial charge in [-0.15, -0.1) is 0 Å². The van der Waals surface area contributed by atoms with Crippen LogP contribution in [0, 0.1) is 10.1 Å². The van der Waals surface area contributed by atoms with E-state index in [4.69, 9.17) is 0 Å². The minimum absolute atomic E-state index is 0.102. The fourth-order valence-corrected chi connectivity index (χ4v) is 2.56. The highest BCUT2D eigenvalue weighted by atomic mass is 19.4. The predicted molar refractivity (Wildman–Crippen MR) is 99.8 cm³/mol. The molecule has 0 unspecified atom stereocenters. The van der Waals surface area contributed by atoms with Crippen LogP contribution in [0.3, 0.4) is 0 Å². The van der Waals surface area contributed by atoms with Gasteiger partial charge in [-0.2, -0.15) is 18.3 Å². The number of nitrogens with zero attached hydrogens (tertiary/aromatic N) is 2. The number of rotatable bonds is 5. The number of carbonyl (C=O) groups is 1. The Morgan fingerprint density at radius 2 is 1.76 bits per heavy atom. The van der Waals surface area contributed by atoms with Crippen LogP contribution in [0.25, 0.3) is 17.2 Å². The van der Waals surface area contributed by atoms with Gasteiger partial charge in [0.1, 0.15) is 5.69 Å². The lowest BCUT2D eigenvalue weighted by Crippen LogP contribution is -2.10. The average Bonchev–Trinajstić information content (AvgIpc) is 3.11. The monoisotopic (exact) mass is 402 g/mol. The van der Waals surface area contributed by atoms with Crippen LogP contribution in [0.5, 0.6) is 0 Å². The van der Waals surface area contributed by atoms with Gasteiger partial charge in [0.2, 0.25) is 5.91 Å². The molecule has 1 heterocycles. The first-order valence-electron chi connectivity index (χ1n) is 8.20. The SMILES string of the molecule is O=C(/C=C/c1ccc([N+](=O)[O-])cc1)Nc1n[nH]c(C(F)(F)F)c1-c1ccccc1. The number of hydrogen-bond donors (Lipinski definition) is 2. The lowest BCUT2D eigenvalue weighted by Gasteiger charge is -2.09. The summed E-state index contributed by atoms with van der Waals surface area (Å²) < 4.78 is 39.9. The molecule has 0 bridgehead atoms. The number of H-pyrrole nitrogens is 1. The highest BCUT2D eigenvalue weighted by molar-refractivity contribution is 6.03. The Hall–Kier alpha value is -3.95. The third kappa shape index (κ3) is 4.67. The summed E-state index contributed by atoms with van der Waals surface area (Å²) in [5, 5.41) is 18.5. The molecular formula is C19H13F3N4O3. The molecule has 0 aliphatic carbocycles. The lowest BCUT2D eigenvalue weighted by molar-refractivity contribution is -0.384. The third-order valence-corrected chi connectivity index (χ3v) is 3.88. The second kappa shape index (κ2) is 7.97. The maximum absolute atomic E-state index is 13.3. The number of hydrogen-bond acceptors (Lipinski definition) is 4. The van der Waals surface area contributed by atoms with Crippen molar-refractivity contribution in [3.63, 3.8) is 0 Å². The Morgan fingerprint density at radius 1 is 1.10 bits per heavy atom. The zero-order chi connectivity index (χ0) is 21.0. The van der Waals surface area contributed by atoms with Gasteiger partial charge in [0.05, 0.1) is 10.5 Å². The maximum Gasteiger partial charge on any atom is 0.433 e. The van der Waals surface area contributed by atoms with E-state index in [2.05, 4.69) is 10.4 Å². The largest absolute Gasteiger partial charge is 0.433 e. The molecule has 3 rings (SSSR count). The van der Waals surface area contributed by atoms with Gasteiger partial charge in [-0.25, -0.2) is 0 Å². The van der Waals surface area contributed by atoms with Crippen molar-refractivity contribution in [2.24, 2.45) is 0 Å². The van der Waals surface area contributed by atoms with E-state index in [9.17, 15) is 28.1 Å². The highest BCUT2D eigenvalue weighted by Gasteiger charge is 2.38. The van der Waals surface area contributed by atoms with Crippen molar-refractivity contribution in [1.82, 2.24) is 10.2 Å². The number of anilines is 1. The molecule has 0 atom stereocenters. The number of carbonyl (C=O) groups excluding carboxylic acids is 1. The van der Waals surface area contributed by atoms with Gasteiger partial charge in [0, 0.05) is 18.2 Å². The maximum atomic E-state index is 13.3. The van der Waals surface area contributed by atoms with E-state index >= 15 is 0 Å². The summed E-state index contributed by atoms with van der Waals surface area (Å²) >= 11 is 0. The Labute approximate surface area is 162 Å². The molecule has 0 aliphatic rings. The van der Waals surface area contributed by atoms with Gasteiger partial charge in [0.15, 0.2) is 5.82 Å². The van der Waals surface area contributed by atoms with E-state index in [-0.39, 0.29) is 22.6 Å². The fraction of sp³-hybridized carbons (Fsp3) is 0.0526. The van der Waals surface area contributed by atoms with E-state index in [0.29, 0.717) is 5.56 Å². The molecule has 0 aliphatic heterocycles. The minimum Gasteiger partial charge on any atom is -0.305 e. The van der Waals surface area contributed by atoms with Crippen molar-refractivity contribution in [3.05, 3.63) is 82.0 Å². The normalized spacial score (nSPS) is 11.6. The third-order valence-electron chi connectivity index (χ3n) is 3.88. The van der Waals surface area contributed by atoms with Crippen LogP contribution in [0.4, 0.5) is 24.7 Å². The molecule has 2 N–H and O–H groups in total. The molecule has 7 nitrogen and oxygen atoms in total. The zero-order valence-corrected chi connectivity index (χ0v) is 14.6. The molecule has 0 spiro atoms. The van der Waals surface area contributed by atoms with Crippen molar-refractivity contribution < 1.29 is 22.9 Å². The van der Waals surface area contributed by atoms with Crippen molar-refractivity contribution in [3.8, 4) is 11.1 Å². The number of non-ortho nitro benzene ring substituents is 1. The molecule has 1 aromatic heterocycles. The summed E-state index contributed by atoms with van der Waals surface area (Å²) in [6, 6.07) is 13.2. The molecule has 3 aromatic rings. The Bertz CT molecular complexity index is 1060. The molecule has 10 heteroatoms. The van der Waals surface area contributed by atoms with Gasteiger partial charge in [-0.05, 0) is 29.3 Å². The van der Waals surface area contributed by atoms with Crippen LogP contribution in [-0.2, 0) is 11.0 Å². The van der Waals surface area contributed by atoms with E-state index < -0.39 is 22.7 Å². The molecule has 2 aromatic carbocycles. The van der Waals surface area contributed by atoms with E-state index in [0.717, 1.165) is 6.08 Å². The number of nitrogens with one attached hydrogen (secondary N) is 2. The quantitative estimate of drug-likeness (QED) is 0.368. The Kier molecular flexibility index (Phi) is 5.44. The summed E-state index contributed by atoms with van der Waals surface area (Å²) in [6.07, 6.45) is -2.22. The first kappa shape index (κ1) is 19.8. The minimum atomic E-state index is -4.68. The van der Waals surface area contributed by atoms with Crippen molar-refractivity contribution in [1.29, 1.82) is 0 Å². The average molecular weight is 402 g/mol. The molecule has 0 radical (unpaired) electrons. The van der Waals surface area contributed by atoms with Crippen LogP contribution < -0.4 is 5.32 Å². The van der Waals surface area contributed by atoms with Crippen molar-refractivity contribution in [2.75, 3.05) is 5.32 Å². The van der Waals surface area contributed by atoms with E-state index in [1.54, 1.807) is 18.2 Å². The van der Waals surface area contributed by atoms with Gasteiger partial charge in [0.25, 0.3) is 5.69 Å². The highest BCUT2D eigenvalue weighted by Crippen LogP contribution is 2.39. The standard InChI is InChI=1S/C19H13F3N4O3/c20-19(21,22)17-16(13-4-2-1-3-5-13)18(25-24-17)23-15(27)11-8-12-6-9-14(10-7-12)26(28)29/h1-11H,(H2,23,24,25,27)/b11-8+. The van der Waals surface area contributed by atoms with Crippen LogP contribution in [0.1, 0.15) is 11.3 Å². The number of alkyl halides is 3. The molecule has 0 fully saturated rings. The summed E-state index contributed by atoms with van der Waals surface area (Å²) in [4.78, 5) is 22.2. The molecule has 1 amide bonds. The number of aromatic amines is 1. The van der Waals surface area contributed by atoms with Gasteiger partial charge in [-0.1, -0.05) is 30.3 Å². The van der Waals surface area contributed by atoms with Crippen molar-refractivity contribution in [2.45, 2.75) is 6.18 Å². The second-order valence-corrected chi connectivity index (χ2v) is 5.86. The van der Waals surface area contributed by atoms with Crippen LogP contribution in [-0.4, -0.2) is 21.0 Å². The van der Waals surface area contributed by atoms with E-state index in [1.807, 2.05) is 5.10 Å². The molecule has 148 valence electrons. The number of nitro benzene ring substituents is 1. The van der Waals surface area contributed by atoms with Gasteiger partial charge in [-0.3, -0.25) is 20.0 Å². The van der Waals surface area contributed by atoms with Gasteiger partial charge >= 0.3 is 6.18 Å². The van der Waals surface area contributed by atoms with Gasteiger partial charge < -0.3 is 5.32 Å². The number of nitro groups is 1. The number of amides is 1. The van der Waals surface area contributed by atoms with Crippen LogP contribution in [0.2, 0.25) is 0 Å². The number of benzene rings is 2. The fourth-order valence-electron chi connectivity index (χ4n) is 2.56.